The first-order valence-electron chi connectivity index (χ1n) is 10.1. The number of ether oxygens (including phenoxy) is 1. The Labute approximate surface area is 201 Å². The minimum Gasteiger partial charge on any atom is -0.465 e. The van der Waals surface area contributed by atoms with E-state index in [9.17, 15) is 14.4 Å². The molecule has 1 aromatic carbocycles. The molecule has 0 aliphatic heterocycles. The lowest BCUT2D eigenvalue weighted by atomic mass is 10.1. The second-order valence-electron chi connectivity index (χ2n) is 7.52. The number of methoxy groups -OCH3 is 1. The van der Waals surface area contributed by atoms with Crippen molar-refractivity contribution >= 4 is 40.9 Å². The zero-order valence-corrected chi connectivity index (χ0v) is 20.0. The SMILES string of the molecule is COC(=O)c1c(CC(=O)N(Cc2ccc(Cl)c(Cl)c2)Cc2ccccn2)[nH]c(C(C)=O)c1C. The van der Waals surface area contributed by atoms with E-state index in [1.54, 1.807) is 42.3 Å². The fourth-order valence-electron chi connectivity index (χ4n) is 3.56. The molecule has 0 fully saturated rings. The number of H-pyrrole nitrogens is 1. The normalized spacial score (nSPS) is 10.7. The summed E-state index contributed by atoms with van der Waals surface area (Å²) in [5.74, 6) is -1.12. The maximum absolute atomic E-state index is 13.4. The Balaban J connectivity index is 1.94. The molecule has 0 aliphatic rings. The van der Waals surface area contributed by atoms with Crippen LogP contribution in [0.5, 0.6) is 0 Å². The number of hydrogen-bond acceptors (Lipinski definition) is 5. The van der Waals surface area contributed by atoms with Crippen LogP contribution in [0.4, 0.5) is 0 Å². The van der Waals surface area contributed by atoms with E-state index in [4.69, 9.17) is 27.9 Å². The highest BCUT2D eigenvalue weighted by atomic mass is 35.5. The lowest BCUT2D eigenvalue weighted by Gasteiger charge is -2.23. The highest BCUT2D eigenvalue weighted by Gasteiger charge is 2.26. The quantitative estimate of drug-likeness (QED) is 0.364. The van der Waals surface area contributed by atoms with Crippen molar-refractivity contribution in [2.45, 2.75) is 33.4 Å². The van der Waals surface area contributed by atoms with Gasteiger partial charge in [-0.3, -0.25) is 14.6 Å². The Kier molecular flexibility index (Phi) is 7.89. The van der Waals surface area contributed by atoms with Crippen molar-refractivity contribution in [2.75, 3.05) is 7.11 Å². The van der Waals surface area contributed by atoms with Gasteiger partial charge >= 0.3 is 5.97 Å². The van der Waals surface area contributed by atoms with Crippen LogP contribution in [0.2, 0.25) is 10.0 Å². The van der Waals surface area contributed by atoms with Crippen LogP contribution in [0, 0.1) is 6.92 Å². The van der Waals surface area contributed by atoms with Gasteiger partial charge in [0.05, 0.1) is 47.1 Å². The number of ketones is 1. The maximum Gasteiger partial charge on any atom is 0.339 e. The molecular formula is C24H23Cl2N3O4. The molecule has 0 saturated carbocycles. The first-order valence-corrected chi connectivity index (χ1v) is 10.9. The van der Waals surface area contributed by atoms with Gasteiger partial charge in [0.2, 0.25) is 5.91 Å². The lowest BCUT2D eigenvalue weighted by molar-refractivity contribution is -0.131. The van der Waals surface area contributed by atoms with E-state index in [0.29, 0.717) is 27.0 Å². The first kappa shape index (κ1) is 24.5. The molecule has 0 aliphatic carbocycles. The maximum atomic E-state index is 13.4. The third-order valence-corrected chi connectivity index (χ3v) is 5.93. The second-order valence-corrected chi connectivity index (χ2v) is 8.34. The number of hydrogen-bond donors (Lipinski definition) is 1. The third kappa shape index (κ3) is 5.80. The van der Waals surface area contributed by atoms with Crippen molar-refractivity contribution in [3.63, 3.8) is 0 Å². The number of esters is 1. The van der Waals surface area contributed by atoms with Gasteiger partial charge in [-0.15, -0.1) is 0 Å². The summed E-state index contributed by atoms with van der Waals surface area (Å²) in [7, 11) is 1.26. The summed E-state index contributed by atoms with van der Waals surface area (Å²) in [4.78, 5) is 46.6. The van der Waals surface area contributed by atoms with E-state index in [-0.39, 0.29) is 42.5 Å². The van der Waals surface area contributed by atoms with Gasteiger partial charge in [0.1, 0.15) is 0 Å². The third-order valence-electron chi connectivity index (χ3n) is 5.19. The lowest BCUT2D eigenvalue weighted by Crippen LogP contribution is -2.32. The largest absolute Gasteiger partial charge is 0.465 e. The van der Waals surface area contributed by atoms with Gasteiger partial charge in [-0.2, -0.15) is 0 Å². The fraction of sp³-hybridized carbons (Fsp3) is 0.250. The summed E-state index contributed by atoms with van der Waals surface area (Å²) in [6.07, 6.45) is 1.52. The fourth-order valence-corrected chi connectivity index (χ4v) is 3.88. The molecule has 0 radical (unpaired) electrons. The molecule has 1 amide bonds. The zero-order chi connectivity index (χ0) is 24.1. The number of carbonyl (C=O) groups excluding carboxylic acids is 3. The van der Waals surface area contributed by atoms with Crippen molar-refractivity contribution in [3.05, 3.63) is 86.4 Å². The van der Waals surface area contributed by atoms with E-state index in [0.717, 1.165) is 5.56 Å². The standard InChI is InChI=1S/C24H23Cl2N3O4/c1-14-22(24(32)33-3)20(28-23(14)15(2)30)11-21(31)29(13-17-6-4-5-9-27-17)12-16-7-8-18(25)19(26)10-16/h4-10,28H,11-13H2,1-3H3. The zero-order valence-electron chi connectivity index (χ0n) is 18.4. The van der Waals surface area contributed by atoms with Crippen LogP contribution in [0.15, 0.2) is 42.6 Å². The summed E-state index contributed by atoms with van der Waals surface area (Å²) in [5.41, 5.74) is 2.75. The van der Waals surface area contributed by atoms with Gasteiger partial charge < -0.3 is 14.6 Å². The molecule has 1 N–H and O–H groups in total. The van der Waals surface area contributed by atoms with Crippen molar-refractivity contribution < 1.29 is 19.1 Å². The van der Waals surface area contributed by atoms with Crippen LogP contribution in [-0.2, 0) is 29.0 Å². The van der Waals surface area contributed by atoms with E-state index >= 15 is 0 Å². The Morgan fingerprint density at radius 2 is 1.85 bits per heavy atom. The highest BCUT2D eigenvalue weighted by molar-refractivity contribution is 6.42. The van der Waals surface area contributed by atoms with E-state index in [1.807, 2.05) is 12.1 Å². The number of rotatable bonds is 8. The summed E-state index contributed by atoms with van der Waals surface area (Å²) < 4.78 is 4.88. The molecule has 0 atom stereocenters. The van der Waals surface area contributed by atoms with Crippen molar-refractivity contribution in [1.82, 2.24) is 14.9 Å². The van der Waals surface area contributed by atoms with Crippen LogP contribution in [0.1, 0.15) is 50.3 Å². The summed E-state index contributed by atoms with van der Waals surface area (Å²) in [6, 6.07) is 10.6. The van der Waals surface area contributed by atoms with Gasteiger partial charge in [0.15, 0.2) is 5.78 Å². The number of nitrogens with one attached hydrogen (secondary N) is 1. The molecule has 9 heteroatoms. The number of Topliss-reactive ketones (excluding diaryl/α,β-unsaturated/α-hetero) is 1. The molecule has 0 saturated heterocycles. The van der Waals surface area contributed by atoms with Crippen LogP contribution in [0.3, 0.4) is 0 Å². The number of carbonyl (C=O) groups is 3. The second kappa shape index (κ2) is 10.6. The average Bonchev–Trinajstić information content (AvgIpc) is 3.12. The molecule has 33 heavy (non-hydrogen) atoms. The number of nitrogens with zero attached hydrogens (tertiary/aromatic N) is 2. The van der Waals surface area contributed by atoms with Crippen molar-refractivity contribution in [2.24, 2.45) is 0 Å². The first-order chi connectivity index (χ1) is 15.7. The van der Waals surface area contributed by atoms with E-state index in [2.05, 4.69) is 9.97 Å². The van der Waals surface area contributed by atoms with Crippen molar-refractivity contribution in [3.8, 4) is 0 Å². The van der Waals surface area contributed by atoms with Gasteiger partial charge in [0, 0.05) is 25.4 Å². The smallest absolute Gasteiger partial charge is 0.339 e. The molecule has 2 aromatic heterocycles. The molecule has 2 heterocycles. The summed E-state index contributed by atoms with van der Waals surface area (Å²) >= 11 is 12.2. The number of aromatic nitrogens is 2. The van der Waals surface area contributed by atoms with E-state index in [1.165, 1.54) is 14.0 Å². The predicted molar refractivity (Wildman–Crippen MR) is 126 cm³/mol. The monoisotopic (exact) mass is 487 g/mol. The highest BCUT2D eigenvalue weighted by Crippen LogP contribution is 2.25. The minimum absolute atomic E-state index is 0.132. The number of amides is 1. The van der Waals surface area contributed by atoms with Gasteiger partial charge in [-0.25, -0.2) is 4.79 Å². The van der Waals surface area contributed by atoms with Crippen LogP contribution in [-0.4, -0.2) is 39.6 Å². The molecule has 172 valence electrons. The van der Waals surface area contributed by atoms with Crippen LogP contribution < -0.4 is 0 Å². The molecule has 0 spiro atoms. The van der Waals surface area contributed by atoms with Gasteiger partial charge in [-0.05, 0) is 42.3 Å². The Hall–Kier alpha value is -3.16. The predicted octanol–water partition coefficient (Wildman–Crippen LogP) is 4.79. The van der Waals surface area contributed by atoms with Crippen LogP contribution >= 0.6 is 23.2 Å². The average molecular weight is 488 g/mol. The molecule has 0 unspecified atom stereocenters. The van der Waals surface area contributed by atoms with Crippen molar-refractivity contribution in [1.29, 1.82) is 0 Å². The molecular weight excluding hydrogens is 465 g/mol. The van der Waals surface area contributed by atoms with Crippen LogP contribution in [0.25, 0.3) is 0 Å². The topological polar surface area (TPSA) is 92.4 Å². The molecule has 3 aromatic rings. The summed E-state index contributed by atoms with van der Waals surface area (Å²) in [6.45, 7) is 3.53. The Morgan fingerprint density at radius 1 is 1.09 bits per heavy atom. The van der Waals surface area contributed by atoms with Gasteiger partial charge in [0.25, 0.3) is 0 Å². The molecule has 0 bridgehead atoms. The van der Waals surface area contributed by atoms with Gasteiger partial charge in [-0.1, -0.05) is 35.3 Å². The number of benzene rings is 1. The number of halogens is 2. The Bertz CT molecular complexity index is 1190. The minimum atomic E-state index is -0.611. The Morgan fingerprint density at radius 3 is 2.45 bits per heavy atom. The van der Waals surface area contributed by atoms with E-state index < -0.39 is 5.97 Å². The molecule has 3 rings (SSSR count). The summed E-state index contributed by atoms with van der Waals surface area (Å²) in [5, 5.41) is 0.808. The number of pyridine rings is 1. The number of aromatic amines is 1. The molecule has 7 nitrogen and oxygen atoms in total.